The van der Waals surface area contributed by atoms with Crippen LogP contribution in [-0.4, -0.2) is 34.7 Å². The van der Waals surface area contributed by atoms with Crippen LogP contribution in [0.1, 0.15) is 5.69 Å². The summed E-state index contributed by atoms with van der Waals surface area (Å²) >= 11 is 0. The van der Waals surface area contributed by atoms with Gasteiger partial charge < -0.3 is 20.8 Å². The Kier molecular flexibility index (Phi) is 3.81. The Morgan fingerprint density at radius 2 is 2.57 bits per heavy atom. The molecule has 76 valence electrons. The first-order valence-corrected chi connectivity index (χ1v) is 4.18. The van der Waals surface area contributed by atoms with Gasteiger partial charge in [0.1, 0.15) is 6.29 Å². The Hall–Kier alpha value is -1.69. The van der Waals surface area contributed by atoms with Crippen molar-refractivity contribution < 1.29 is 9.59 Å². The van der Waals surface area contributed by atoms with Crippen molar-refractivity contribution in [2.75, 3.05) is 6.54 Å². The van der Waals surface area contributed by atoms with E-state index in [0.29, 0.717) is 12.7 Å². The number of hydrogen-bond acceptors (Lipinski definition) is 4. The van der Waals surface area contributed by atoms with Crippen LogP contribution in [-0.2, 0) is 16.0 Å². The van der Waals surface area contributed by atoms with Crippen molar-refractivity contribution in [3.05, 3.63) is 18.2 Å². The Morgan fingerprint density at radius 3 is 3.14 bits per heavy atom. The lowest BCUT2D eigenvalue weighted by molar-refractivity contribution is -0.123. The number of aldehydes is 1. The Balaban J connectivity index is 2.37. The molecule has 0 fully saturated rings. The normalized spacial score (nSPS) is 12.1. The van der Waals surface area contributed by atoms with Crippen LogP contribution in [0, 0.1) is 0 Å². The van der Waals surface area contributed by atoms with E-state index in [1.54, 1.807) is 6.20 Å². The molecule has 0 bridgehead atoms. The Labute approximate surface area is 80.9 Å². The molecule has 0 aromatic carbocycles. The fourth-order valence-corrected chi connectivity index (χ4v) is 0.999. The quantitative estimate of drug-likeness (QED) is 0.504. The first kappa shape index (κ1) is 10.4. The third-order valence-corrected chi connectivity index (χ3v) is 1.69. The summed E-state index contributed by atoms with van der Waals surface area (Å²) in [5.41, 5.74) is 6.36. The molecule has 1 aromatic heterocycles. The number of aromatic nitrogens is 2. The minimum atomic E-state index is -0.657. The number of nitrogens with zero attached hydrogens (tertiary/aromatic N) is 1. The molecule has 1 amide bonds. The van der Waals surface area contributed by atoms with Crippen molar-refractivity contribution in [2.24, 2.45) is 5.73 Å². The molecule has 0 aliphatic carbocycles. The topological polar surface area (TPSA) is 101 Å². The first-order chi connectivity index (χ1) is 6.74. The van der Waals surface area contributed by atoms with Crippen molar-refractivity contribution in [2.45, 2.75) is 12.5 Å². The van der Waals surface area contributed by atoms with Gasteiger partial charge in [0.05, 0.1) is 18.9 Å². The summed E-state index contributed by atoms with van der Waals surface area (Å²) in [7, 11) is 0. The molecule has 1 aromatic rings. The maximum absolute atomic E-state index is 11.2. The molecule has 0 spiro atoms. The number of nitrogens with one attached hydrogen (secondary N) is 2. The highest BCUT2D eigenvalue weighted by atomic mass is 16.2. The number of carbonyl (C=O) groups excluding carboxylic acids is 2. The van der Waals surface area contributed by atoms with Crippen LogP contribution < -0.4 is 11.1 Å². The highest BCUT2D eigenvalue weighted by Gasteiger charge is 2.13. The molecule has 6 nitrogen and oxygen atoms in total. The van der Waals surface area contributed by atoms with Gasteiger partial charge in [-0.05, 0) is 0 Å². The minimum Gasteiger partial charge on any atom is -0.348 e. The van der Waals surface area contributed by atoms with Crippen LogP contribution >= 0.6 is 0 Å². The van der Waals surface area contributed by atoms with Crippen molar-refractivity contribution in [1.82, 2.24) is 15.3 Å². The number of amides is 1. The van der Waals surface area contributed by atoms with Crippen LogP contribution in [0.4, 0.5) is 0 Å². The third kappa shape index (κ3) is 2.98. The predicted molar refractivity (Wildman–Crippen MR) is 49.3 cm³/mol. The van der Waals surface area contributed by atoms with Crippen molar-refractivity contribution in [3.63, 3.8) is 0 Å². The highest BCUT2D eigenvalue weighted by Crippen LogP contribution is 1.95. The lowest BCUT2D eigenvalue weighted by Gasteiger charge is -2.08. The zero-order valence-electron chi connectivity index (χ0n) is 7.56. The predicted octanol–water partition coefficient (Wildman–Crippen LogP) is -1.41. The second kappa shape index (κ2) is 5.13. The summed E-state index contributed by atoms with van der Waals surface area (Å²) in [6.07, 6.45) is 4.11. The molecule has 0 aliphatic heterocycles. The first-order valence-electron chi connectivity index (χ1n) is 4.18. The smallest absolute Gasteiger partial charge is 0.237 e. The molecule has 0 saturated carbocycles. The molecule has 0 unspecified atom stereocenters. The molecular formula is C8H12N4O2. The molecule has 1 heterocycles. The van der Waals surface area contributed by atoms with E-state index in [9.17, 15) is 9.59 Å². The molecule has 6 heteroatoms. The molecule has 0 radical (unpaired) electrons. The fourth-order valence-electron chi connectivity index (χ4n) is 0.999. The summed E-state index contributed by atoms with van der Waals surface area (Å²) < 4.78 is 0. The lowest BCUT2D eigenvalue weighted by atomic mass is 10.1. The largest absolute Gasteiger partial charge is 0.348 e. The standard InChI is InChI=1S/C8H12N4O2/c9-7(8(14)11-1-2-13)3-6-4-10-5-12-6/h2,4-5,7H,1,3,9H2,(H,10,12)(H,11,14)/t7-/m0/s1. The van der Waals surface area contributed by atoms with Crippen molar-refractivity contribution >= 4 is 12.2 Å². The van der Waals surface area contributed by atoms with Gasteiger partial charge in [0, 0.05) is 18.3 Å². The minimum absolute atomic E-state index is 0.00445. The maximum atomic E-state index is 11.2. The summed E-state index contributed by atoms with van der Waals surface area (Å²) in [6.45, 7) is -0.00445. The molecule has 1 atom stereocenters. The second-order valence-corrected chi connectivity index (χ2v) is 2.80. The van der Waals surface area contributed by atoms with E-state index in [0.717, 1.165) is 5.69 Å². The number of aromatic amines is 1. The fraction of sp³-hybridized carbons (Fsp3) is 0.375. The van der Waals surface area contributed by atoms with Gasteiger partial charge >= 0.3 is 0 Å². The molecule has 1 rings (SSSR count). The van der Waals surface area contributed by atoms with Gasteiger partial charge in [-0.25, -0.2) is 4.98 Å². The third-order valence-electron chi connectivity index (χ3n) is 1.69. The van der Waals surface area contributed by atoms with E-state index in [-0.39, 0.29) is 12.5 Å². The van der Waals surface area contributed by atoms with Crippen LogP contribution in [0.15, 0.2) is 12.5 Å². The van der Waals surface area contributed by atoms with Crippen LogP contribution in [0.3, 0.4) is 0 Å². The van der Waals surface area contributed by atoms with Crippen molar-refractivity contribution in [3.8, 4) is 0 Å². The number of rotatable bonds is 5. The van der Waals surface area contributed by atoms with Gasteiger partial charge in [0.25, 0.3) is 0 Å². The van der Waals surface area contributed by atoms with Gasteiger partial charge in [-0.2, -0.15) is 0 Å². The molecule has 14 heavy (non-hydrogen) atoms. The van der Waals surface area contributed by atoms with Gasteiger partial charge in [-0.3, -0.25) is 4.79 Å². The van der Waals surface area contributed by atoms with E-state index < -0.39 is 6.04 Å². The van der Waals surface area contributed by atoms with Gasteiger partial charge in [0.2, 0.25) is 5.91 Å². The zero-order chi connectivity index (χ0) is 10.4. The van der Waals surface area contributed by atoms with Gasteiger partial charge in [-0.15, -0.1) is 0 Å². The zero-order valence-corrected chi connectivity index (χ0v) is 7.56. The number of carbonyl (C=O) groups is 2. The number of hydrogen-bond donors (Lipinski definition) is 3. The van der Waals surface area contributed by atoms with E-state index >= 15 is 0 Å². The molecule has 4 N–H and O–H groups in total. The average molecular weight is 196 g/mol. The lowest BCUT2D eigenvalue weighted by Crippen LogP contribution is -2.42. The van der Waals surface area contributed by atoms with Crippen LogP contribution in [0.5, 0.6) is 0 Å². The van der Waals surface area contributed by atoms with Gasteiger partial charge in [0.15, 0.2) is 0 Å². The summed E-state index contributed by atoms with van der Waals surface area (Å²) in [6, 6.07) is -0.657. The number of nitrogens with two attached hydrogens (primary N) is 1. The van der Waals surface area contributed by atoms with Crippen LogP contribution in [0.2, 0.25) is 0 Å². The van der Waals surface area contributed by atoms with E-state index in [1.807, 2.05) is 0 Å². The summed E-state index contributed by atoms with van der Waals surface area (Å²) in [4.78, 5) is 27.8. The van der Waals surface area contributed by atoms with Crippen LogP contribution in [0.25, 0.3) is 0 Å². The van der Waals surface area contributed by atoms with E-state index in [2.05, 4.69) is 15.3 Å². The summed E-state index contributed by atoms with van der Waals surface area (Å²) in [5.74, 6) is -0.341. The summed E-state index contributed by atoms with van der Waals surface area (Å²) in [5, 5.41) is 2.38. The Morgan fingerprint density at radius 1 is 1.79 bits per heavy atom. The average Bonchev–Trinajstić information content (AvgIpc) is 2.66. The molecule has 0 aliphatic rings. The highest BCUT2D eigenvalue weighted by molar-refractivity contribution is 5.83. The number of H-pyrrole nitrogens is 1. The molecule has 0 saturated heterocycles. The number of imidazole rings is 1. The van der Waals surface area contributed by atoms with E-state index in [1.165, 1.54) is 6.33 Å². The monoisotopic (exact) mass is 196 g/mol. The second-order valence-electron chi connectivity index (χ2n) is 2.80. The Bertz CT molecular complexity index is 296. The maximum Gasteiger partial charge on any atom is 0.237 e. The SMILES string of the molecule is N[C@@H](Cc1cnc[nH]1)C(=O)NCC=O. The van der Waals surface area contributed by atoms with E-state index in [4.69, 9.17) is 5.73 Å². The molecular weight excluding hydrogens is 184 g/mol. The van der Waals surface area contributed by atoms with Crippen molar-refractivity contribution in [1.29, 1.82) is 0 Å². The van der Waals surface area contributed by atoms with Gasteiger partial charge in [-0.1, -0.05) is 0 Å².